The smallest absolute Gasteiger partial charge is 0.360 e. The van der Waals surface area contributed by atoms with Crippen molar-refractivity contribution in [1.82, 2.24) is 15.0 Å². The van der Waals surface area contributed by atoms with Gasteiger partial charge in [0, 0.05) is 6.04 Å². The van der Waals surface area contributed by atoms with Crippen molar-refractivity contribution >= 4 is 5.97 Å². The summed E-state index contributed by atoms with van der Waals surface area (Å²) in [7, 11) is 1.30. The Bertz CT molecular complexity index is 294. The Morgan fingerprint density at radius 2 is 2.54 bits per heavy atom. The summed E-state index contributed by atoms with van der Waals surface area (Å²) in [4.78, 5) is 10.9. The topological polar surface area (TPSA) is 83.0 Å². The Labute approximate surface area is 75.7 Å². The largest absolute Gasteiger partial charge is 0.464 e. The van der Waals surface area contributed by atoms with Crippen LogP contribution in [0.15, 0.2) is 6.20 Å². The van der Waals surface area contributed by atoms with Crippen molar-refractivity contribution in [3.8, 4) is 0 Å². The summed E-state index contributed by atoms with van der Waals surface area (Å²) in [6.07, 6.45) is 1.51. The third-order valence-corrected chi connectivity index (χ3v) is 1.41. The molecule has 0 fully saturated rings. The highest BCUT2D eigenvalue weighted by molar-refractivity contribution is 5.86. The van der Waals surface area contributed by atoms with E-state index in [1.54, 1.807) is 0 Å². The van der Waals surface area contributed by atoms with E-state index in [2.05, 4.69) is 15.0 Å². The van der Waals surface area contributed by atoms with E-state index in [1.165, 1.54) is 18.0 Å². The van der Waals surface area contributed by atoms with Gasteiger partial charge in [0.15, 0.2) is 5.69 Å². The molecule has 1 rings (SSSR count). The summed E-state index contributed by atoms with van der Waals surface area (Å²) >= 11 is 0. The maximum atomic E-state index is 10.9. The van der Waals surface area contributed by atoms with Gasteiger partial charge < -0.3 is 10.5 Å². The van der Waals surface area contributed by atoms with Crippen LogP contribution in [0.1, 0.15) is 17.4 Å². The molecule has 1 heterocycles. The molecule has 0 spiro atoms. The number of rotatable bonds is 3. The van der Waals surface area contributed by atoms with Gasteiger partial charge in [0.05, 0.1) is 19.9 Å². The molecule has 0 amide bonds. The summed E-state index contributed by atoms with van der Waals surface area (Å²) < 4.78 is 5.98. The van der Waals surface area contributed by atoms with E-state index in [1.807, 2.05) is 6.92 Å². The third-order valence-electron chi connectivity index (χ3n) is 1.41. The number of aromatic nitrogens is 3. The Morgan fingerprint density at radius 3 is 3.08 bits per heavy atom. The number of hydrogen-bond acceptors (Lipinski definition) is 5. The normalized spacial score (nSPS) is 12.5. The summed E-state index contributed by atoms with van der Waals surface area (Å²) in [6.45, 7) is 2.38. The van der Waals surface area contributed by atoms with Crippen LogP contribution in [0.4, 0.5) is 0 Å². The zero-order valence-electron chi connectivity index (χ0n) is 7.60. The molecule has 6 heteroatoms. The highest BCUT2D eigenvalue weighted by atomic mass is 16.5. The zero-order chi connectivity index (χ0) is 9.84. The lowest BCUT2D eigenvalue weighted by Crippen LogP contribution is -2.22. The van der Waals surface area contributed by atoms with Crippen molar-refractivity contribution in [1.29, 1.82) is 0 Å². The predicted octanol–water partition coefficient (Wildman–Crippen LogP) is -0.588. The predicted molar refractivity (Wildman–Crippen MR) is 45.0 cm³/mol. The van der Waals surface area contributed by atoms with E-state index < -0.39 is 5.97 Å². The van der Waals surface area contributed by atoms with Gasteiger partial charge in [-0.2, -0.15) is 0 Å². The standard InChI is InChI=1S/C7H12N4O2/c1-5(8)3-11-4-6(9-10-11)7(12)13-2/h4-5H,3,8H2,1-2H3/t5-/m1/s1. The highest BCUT2D eigenvalue weighted by Gasteiger charge is 2.10. The summed E-state index contributed by atoms with van der Waals surface area (Å²) in [5.74, 6) is -0.490. The second kappa shape index (κ2) is 3.99. The number of ether oxygens (including phenoxy) is 1. The van der Waals surface area contributed by atoms with Crippen molar-refractivity contribution in [3.63, 3.8) is 0 Å². The third kappa shape index (κ3) is 2.51. The fraction of sp³-hybridized carbons (Fsp3) is 0.571. The van der Waals surface area contributed by atoms with Gasteiger partial charge in [-0.25, -0.2) is 4.79 Å². The maximum Gasteiger partial charge on any atom is 0.360 e. The van der Waals surface area contributed by atoms with Gasteiger partial charge >= 0.3 is 5.97 Å². The fourth-order valence-corrected chi connectivity index (χ4v) is 0.881. The fourth-order valence-electron chi connectivity index (χ4n) is 0.881. The van der Waals surface area contributed by atoms with Gasteiger partial charge in [-0.3, -0.25) is 4.68 Å². The van der Waals surface area contributed by atoms with Gasteiger partial charge in [-0.05, 0) is 6.92 Å². The average molecular weight is 184 g/mol. The van der Waals surface area contributed by atoms with Crippen molar-refractivity contribution in [2.75, 3.05) is 7.11 Å². The molecule has 2 N–H and O–H groups in total. The van der Waals surface area contributed by atoms with Gasteiger partial charge in [0.2, 0.25) is 0 Å². The van der Waals surface area contributed by atoms with Crippen LogP contribution in [0.2, 0.25) is 0 Å². The molecule has 13 heavy (non-hydrogen) atoms. The van der Waals surface area contributed by atoms with E-state index in [0.717, 1.165) is 0 Å². The Kier molecular flexibility index (Phi) is 2.97. The number of hydrogen-bond donors (Lipinski definition) is 1. The molecular weight excluding hydrogens is 172 g/mol. The molecule has 1 atom stereocenters. The Hall–Kier alpha value is -1.43. The van der Waals surface area contributed by atoms with E-state index in [0.29, 0.717) is 6.54 Å². The van der Waals surface area contributed by atoms with Gasteiger partial charge in [-0.15, -0.1) is 5.10 Å². The minimum atomic E-state index is -0.490. The first-order chi connectivity index (χ1) is 6.13. The summed E-state index contributed by atoms with van der Waals surface area (Å²) in [5, 5.41) is 7.33. The molecule has 1 aromatic rings. The van der Waals surface area contributed by atoms with Crippen LogP contribution < -0.4 is 5.73 Å². The van der Waals surface area contributed by atoms with Crippen molar-refractivity contribution in [3.05, 3.63) is 11.9 Å². The molecular formula is C7H12N4O2. The van der Waals surface area contributed by atoms with Crippen LogP contribution in [0.5, 0.6) is 0 Å². The van der Waals surface area contributed by atoms with E-state index in [4.69, 9.17) is 5.73 Å². The van der Waals surface area contributed by atoms with Gasteiger partial charge in [0.1, 0.15) is 0 Å². The number of carbonyl (C=O) groups excluding carboxylic acids is 1. The molecule has 1 aromatic heterocycles. The molecule has 6 nitrogen and oxygen atoms in total. The minimum absolute atomic E-state index is 0.0211. The van der Waals surface area contributed by atoms with Gasteiger partial charge in [-0.1, -0.05) is 5.21 Å². The molecule has 0 saturated carbocycles. The van der Waals surface area contributed by atoms with E-state index >= 15 is 0 Å². The summed E-state index contributed by atoms with van der Waals surface area (Å²) in [6, 6.07) is -0.0211. The number of nitrogens with zero attached hydrogens (tertiary/aromatic N) is 3. The lowest BCUT2D eigenvalue weighted by atomic mass is 10.4. The van der Waals surface area contributed by atoms with Crippen LogP contribution >= 0.6 is 0 Å². The van der Waals surface area contributed by atoms with Crippen molar-refractivity contribution in [2.45, 2.75) is 19.5 Å². The number of carbonyl (C=O) groups is 1. The second-order valence-electron chi connectivity index (χ2n) is 2.79. The molecule has 0 aliphatic rings. The van der Waals surface area contributed by atoms with Crippen molar-refractivity contribution < 1.29 is 9.53 Å². The molecule has 0 saturated heterocycles. The molecule has 0 bridgehead atoms. The number of nitrogens with two attached hydrogens (primary N) is 1. The average Bonchev–Trinajstić information content (AvgIpc) is 2.50. The maximum absolute atomic E-state index is 10.9. The first kappa shape index (κ1) is 9.66. The van der Waals surface area contributed by atoms with Crippen molar-refractivity contribution in [2.24, 2.45) is 5.73 Å². The lowest BCUT2D eigenvalue weighted by Gasteiger charge is -2.01. The number of methoxy groups -OCH3 is 1. The first-order valence-electron chi connectivity index (χ1n) is 3.87. The van der Waals surface area contributed by atoms with Crippen LogP contribution in [0, 0.1) is 0 Å². The Balaban J connectivity index is 2.69. The lowest BCUT2D eigenvalue weighted by molar-refractivity contribution is 0.0594. The molecule has 72 valence electrons. The minimum Gasteiger partial charge on any atom is -0.464 e. The number of esters is 1. The quantitative estimate of drug-likeness (QED) is 0.635. The van der Waals surface area contributed by atoms with Crippen LogP contribution in [-0.4, -0.2) is 34.1 Å². The van der Waals surface area contributed by atoms with Gasteiger partial charge in [0.25, 0.3) is 0 Å². The second-order valence-corrected chi connectivity index (χ2v) is 2.79. The highest BCUT2D eigenvalue weighted by Crippen LogP contribution is 1.95. The molecule has 0 aliphatic carbocycles. The summed E-state index contributed by atoms with van der Waals surface area (Å²) in [5.41, 5.74) is 5.73. The first-order valence-corrected chi connectivity index (χ1v) is 3.87. The van der Waals surface area contributed by atoms with Crippen LogP contribution in [-0.2, 0) is 11.3 Å². The SMILES string of the molecule is COC(=O)c1cn(C[C@@H](C)N)nn1. The van der Waals surface area contributed by atoms with E-state index in [-0.39, 0.29) is 11.7 Å². The zero-order valence-corrected chi connectivity index (χ0v) is 7.60. The molecule has 0 aliphatic heterocycles. The monoisotopic (exact) mass is 184 g/mol. The Morgan fingerprint density at radius 1 is 1.85 bits per heavy atom. The van der Waals surface area contributed by atoms with E-state index in [9.17, 15) is 4.79 Å². The molecule has 0 radical (unpaired) electrons. The van der Waals surface area contributed by atoms with Crippen LogP contribution in [0.3, 0.4) is 0 Å². The van der Waals surface area contributed by atoms with Crippen LogP contribution in [0.25, 0.3) is 0 Å². The molecule has 0 aromatic carbocycles. The molecule has 0 unspecified atom stereocenters.